The predicted octanol–water partition coefficient (Wildman–Crippen LogP) is -2.99. The summed E-state index contributed by atoms with van der Waals surface area (Å²) in [7, 11) is 0. The van der Waals surface area contributed by atoms with E-state index < -0.39 is 31.0 Å². The zero-order valence-electron chi connectivity index (χ0n) is 6.78. The topological polar surface area (TPSA) is 124 Å². The normalized spacial score (nSPS) is 19.5. The van der Waals surface area contributed by atoms with E-state index in [0.29, 0.717) is 0 Å². The Kier molecular flexibility index (Phi) is 8.43. The van der Waals surface area contributed by atoms with Gasteiger partial charge >= 0.3 is 0 Å². The van der Waals surface area contributed by atoms with Crippen LogP contribution in [0.1, 0.15) is 0 Å². The van der Waals surface area contributed by atoms with E-state index >= 15 is 0 Å². The van der Waals surface area contributed by atoms with Gasteiger partial charge in [0.15, 0.2) is 0 Å². The van der Waals surface area contributed by atoms with Crippen molar-refractivity contribution in [3.63, 3.8) is 0 Å². The van der Waals surface area contributed by atoms with Crippen molar-refractivity contribution < 1.29 is 25.2 Å². The maximum absolute atomic E-state index is 10.0. The maximum atomic E-state index is 10.0. The molecule has 0 amide bonds. The zero-order chi connectivity index (χ0) is 9.72. The number of hydrogen-bond donors (Lipinski definition) is 5. The van der Waals surface area contributed by atoms with Crippen molar-refractivity contribution in [1.29, 1.82) is 0 Å². The largest absolute Gasteiger partial charge is 0.394 e. The molecular formula is C6H14ClNO5. The van der Waals surface area contributed by atoms with Crippen LogP contribution in [0.2, 0.25) is 0 Å². The van der Waals surface area contributed by atoms with Crippen molar-refractivity contribution in [2.45, 2.75) is 24.4 Å². The van der Waals surface area contributed by atoms with Gasteiger partial charge in [0.25, 0.3) is 0 Å². The smallest absolute Gasteiger partial charge is 0.139 e. The number of nitrogens with two attached hydrogens (primary N) is 1. The fourth-order valence-electron chi connectivity index (χ4n) is 0.644. The molecule has 0 spiro atoms. The van der Waals surface area contributed by atoms with E-state index in [9.17, 15) is 4.79 Å². The first-order valence-corrected chi connectivity index (χ1v) is 3.40. The summed E-state index contributed by atoms with van der Waals surface area (Å²) in [6.45, 7) is -0.705. The lowest BCUT2D eigenvalue weighted by Gasteiger charge is -2.23. The SMILES string of the molecule is Cl.[15NH2][13C@@H]([13CH]=O)[13C@@H](O)[13C@H](O)[13C@H](O)[13CH2]O. The summed E-state index contributed by atoms with van der Waals surface area (Å²) in [6, 6.07) is -1.26. The Bertz CT molecular complexity index is 147. The van der Waals surface area contributed by atoms with Crippen LogP contribution >= 0.6 is 12.4 Å². The molecule has 0 radical (unpaired) electrons. The van der Waals surface area contributed by atoms with Gasteiger partial charge in [0, 0.05) is 0 Å². The van der Waals surface area contributed by atoms with Gasteiger partial charge in [-0.15, -0.1) is 12.4 Å². The van der Waals surface area contributed by atoms with Gasteiger partial charge in [-0.05, 0) is 0 Å². The molecule has 0 aliphatic carbocycles. The molecule has 0 saturated carbocycles. The summed E-state index contributed by atoms with van der Waals surface area (Å²) in [5.41, 5.74) is 5.04. The number of aldehydes is 1. The average molecular weight is 223 g/mol. The molecule has 6 N–H and O–H groups in total. The monoisotopic (exact) mass is 222 g/mol. The van der Waals surface area contributed by atoms with Crippen molar-refractivity contribution in [3.05, 3.63) is 0 Å². The fraction of sp³-hybridized carbons (Fsp3) is 0.833. The molecule has 7 heteroatoms. The molecule has 0 aromatic heterocycles. The highest BCUT2D eigenvalue weighted by atomic mass is 35.5. The zero-order valence-corrected chi connectivity index (χ0v) is 7.59. The van der Waals surface area contributed by atoms with Crippen LogP contribution in [0, 0.1) is 0 Å². The van der Waals surface area contributed by atoms with Gasteiger partial charge in [0.2, 0.25) is 0 Å². The van der Waals surface area contributed by atoms with Crippen LogP contribution in [0.25, 0.3) is 0 Å². The molecule has 0 aliphatic heterocycles. The van der Waals surface area contributed by atoms with Crippen LogP contribution in [0.3, 0.4) is 0 Å². The first kappa shape index (κ1) is 15.2. The number of hydrogen-bond acceptors (Lipinski definition) is 6. The molecule has 0 saturated heterocycles. The van der Waals surface area contributed by atoms with Crippen LogP contribution in [-0.2, 0) is 4.79 Å². The Balaban J connectivity index is 0. The van der Waals surface area contributed by atoms with E-state index in [1.54, 1.807) is 0 Å². The highest BCUT2D eigenvalue weighted by molar-refractivity contribution is 5.85. The Hall–Kier alpha value is -0.240. The molecule has 0 aromatic carbocycles. The van der Waals surface area contributed by atoms with Crippen molar-refractivity contribution in [2.24, 2.45) is 5.73 Å². The lowest BCUT2D eigenvalue weighted by Crippen LogP contribution is -2.49. The lowest BCUT2D eigenvalue weighted by molar-refractivity contribution is -0.118. The average Bonchev–Trinajstić information content (AvgIpc) is 2.12. The molecule has 0 bridgehead atoms. The van der Waals surface area contributed by atoms with Crippen LogP contribution < -0.4 is 5.73 Å². The molecule has 80 valence electrons. The molecule has 0 unspecified atom stereocenters. The highest BCUT2D eigenvalue weighted by Crippen LogP contribution is 2.01. The molecule has 0 rings (SSSR count). The third kappa shape index (κ3) is 4.51. The number of carbonyl (C=O) groups is 1. The minimum Gasteiger partial charge on any atom is -0.394 e. The molecule has 13 heavy (non-hydrogen) atoms. The van der Waals surface area contributed by atoms with Crippen molar-refractivity contribution in [1.82, 2.24) is 0 Å². The van der Waals surface area contributed by atoms with Crippen LogP contribution in [0.15, 0.2) is 0 Å². The second-order valence-corrected chi connectivity index (χ2v) is 2.44. The molecular weight excluding hydrogens is 208 g/mol. The minimum absolute atomic E-state index is 0. The maximum Gasteiger partial charge on any atom is 0.139 e. The van der Waals surface area contributed by atoms with Crippen LogP contribution in [0.5, 0.6) is 0 Å². The van der Waals surface area contributed by atoms with E-state index in [2.05, 4.69) is 0 Å². The lowest BCUT2D eigenvalue weighted by atomic mass is 11.0. The highest BCUT2D eigenvalue weighted by Gasteiger charge is 2.28. The summed E-state index contributed by atoms with van der Waals surface area (Å²) in [6.07, 6.45) is -4.43. The number of aliphatic hydroxyl groups excluding tert-OH is 4. The molecule has 0 heterocycles. The second kappa shape index (κ2) is 7.19. The predicted molar refractivity (Wildman–Crippen MR) is 46.4 cm³/mol. The first-order chi connectivity index (χ1) is 5.54. The number of halogens is 1. The van der Waals surface area contributed by atoms with E-state index in [-0.39, 0.29) is 18.7 Å². The van der Waals surface area contributed by atoms with Crippen molar-refractivity contribution in [2.75, 3.05) is 6.61 Å². The fourth-order valence-corrected chi connectivity index (χ4v) is 0.644. The van der Waals surface area contributed by atoms with Gasteiger partial charge in [-0.25, -0.2) is 0 Å². The van der Waals surface area contributed by atoms with E-state index in [0.717, 1.165) is 0 Å². The first-order valence-electron chi connectivity index (χ1n) is 3.40. The number of aliphatic hydroxyl groups is 4. The van der Waals surface area contributed by atoms with Gasteiger partial charge < -0.3 is 31.0 Å². The Labute approximate surface area is 81.4 Å². The molecule has 0 aliphatic rings. The second-order valence-electron chi connectivity index (χ2n) is 2.44. The Morgan fingerprint density at radius 3 is 2.00 bits per heavy atom. The van der Waals surface area contributed by atoms with Crippen LogP contribution in [0.4, 0.5) is 0 Å². The van der Waals surface area contributed by atoms with Crippen molar-refractivity contribution >= 4 is 18.7 Å². The van der Waals surface area contributed by atoms with Gasteiger partial charge in [-0.1, -0.05) is 0 Å². The standard InChI is InChI=1S/C6H13NO5.ClH/c7-3(1-8)5(11)6(12)4(10)2-9;/h1,3-6,9-12H,2,7H2;1H/t3-,4+,5+,6+;/m0./s1/i1+1,2+1,3+1,4+1,5+1,6+1,7+1;. The molecule has 6 nitrogen and oxygen atoms in total. The van der Waals surface area contributed by atoms with Gasteiger partial charge in [0.05, 0.1) is 12.6 Å². The Morgan fingerprint density at radius 2 is 1.69 bits per heavy atom. The van der Waals surface area contributed by atoms with Gasteiger partial charge in [-0.3, -0.25) is 0 Å². The van der Waals surface area contributed by atoms with E-state index in [1.807, 2.05) is 0 Å². The molecule has 0 fully saturated rings. The van der Waals surface area contributed by atoms with E-state index in [1.165, 1.54) is 0 Å². The molecule has 0 aromatic rings. The Morgan fingerprint density at radius 1 is 1.23 bits per heavy atom. The van der Waals surface area contributed by atoms with Gasteiger partial charge in [0.1, 0.15) is 24.6 Å². The van der Waals surface area contributed by atoms with E-state index in [4.69, 9.17) is 26.2 Å². The summed E-state index contributed by atoms with van der Waals surface area (Å²) in [5, 5.41) is 35.2. The number of carbonyl (C=O) groups excluding carboxylic acids is 1. The quantitative estimate of drug-likeness (QED) is 0.192. The summed E-state index contributed by atoms with van der Waals surface area (Å²) < 4.78 is 0. The minimum atomic E-state index is -1.62. The third-order valence-corrected chi connectivity index (χ3v) is 1.48. The number of rotatable bonds is 5. The van der Waals surface area contributed by atoms with Gasteiger partial charge in [-0.2, -0.15) is 0 Å². The third-order valence-electron chi connectivity index (χ3n) is 1.48. The van der Waals surface area contributed by atoms with Crippen LogP contribution in [-0.4, -0.2) is 57.7 Å². The van der Waals surface area contributed by atoms with Crippen molar-refractivity contribution in [3.8, 4) is 0 Å². The summed E-state index contributed by atoms with van der Waals surface area (Å²) >= 11 is 0. The summed E-state index contributed by atoms with van der Waals surface area (Å²) in [5.74, 6) is 0. The molecule has 4 atom stereocenters. The summed E-state index contributed by atoms with van der Waals surface area (Å²) in [4.78, 5) is 10.0.